The van der Waals surface area contributed by atoms with Crippen LogP contribution in [0.2, 0.25) is 20.1 Å². The molecule has 13 rings (SSSR count). The van der Waals surface area contributed by atoms with Crippen LogP contribution >= 0.6 is 102 Å². The third-order valence-electron chi connectivity index (χ3n) is 17.9. The first-order valence-corrected chi connectivity index (χ1v) is 48.6. The number of aromatic nitrogens is 3. The first kappa shape index (κ1) is 105. The van der Waals surface area contributed by atoms with Gasteiger partial charge in [-0.2, -0.15) is 4.73 Å². The van der Waals surface area contributed by atoms with E-state index in [0.717, 1.165) is 46.4 Å². The molecule has 7 N–H and O–H groups in total. The van der Waals surface area contributed by atoms with E-state index in [1.54, 1.807) is 183 Å². The number of fused-ring (bicyclic) bond motifs is 1. The second-order valence-electron chi connectivity index (χ2n) is 31.3. The molecule has 4 heterocycles. The van der Waals surface area contributed by atoms with Crippen molar-refractivity contribution in [2.24, 2.45) is 0 Å². The summed E-state index contributed by atoms with van der Waals surface area (Å²) in [6.45, 7) is 28.8. The number of rotatable bonds is 15. The van der Waals surface area contributed by atoms with Gasteiger partial charge < -0.3 is 25.9 Å². The maximum Gasteiger partial charge on any atom is 0.346 e. The Balaban J connectivity index is 0.000000236. The van der Waals surface area contributed by atoms with Crippen molar-refractivity contribution in [3.05, 3.63) is 361 Å². The molecule has 12 aromatic rings. The number of nitrogens with one attached hydrogen (secondary N) is 3. The molecule has 125 heavy (non-hydrogen) atoms. The van der Waals surface area contributed by atoms with Gasteiger partial charge in [0.15, 0.2) is 12.4 Å². The number of anilines is 4. The van der Waals surface area contributed by atoms with Gasteiger partial charge in [-0.3, -0.25) is 28.9 Å². The Morgan fingerprint density at radius 3 is 1.02 bits per heavy atom. The van der Waals surface area contributed by atoms with Crippen LogP contribution in [0.3, 0.4) is 0 Å². The minimum atomic E-state index is -3.89. The van der Waals surface area contributed by atoms with Crippen molar-refractivity contribution in [2.75, 3.05) is 19.9 Å². The number of carbonyl (C=O) groups is 3. The summed E-state index contributed by atoms with van der Waals surface area (Å²) < 4.78 is 113. The molecule has 22 nitrogen and oxygen atoms in total. The highest BCUT2D eigenvalue weighted by Gasteiger charge is 2.30. The predicted molar refractivity (Wildman–Crippen MR) is 517 cm³/mol. The standard InChI is InChI=1S/C22H23ClN2O4S.C22H23ClN2O3S.C16H17ClINO2S.C10H13ClO2S.C8H4O3.C6H5ClIN.C6H5NO.C2H6/c1-22(2,3)16-4-7-18(8-5-16)30(28,29)24-20-9-6-17(23)14-19(20)21(26)15-10-12-25(27)13-11-15;1-22(2,3)16-4-7-18(8-5-16)29(27,28)25-20-9-6-17(23)14-19(20)21(26)15-10-12-24-13-11-15;1-16(2,3)11-4-7-13(8-5-11)22(20,21)19-15-9-6-12(17)10-14(15)18;1-10(2,3)8-4-6-9(7-5-8)14(11,12)13;9-7-5-3-1-2-4-6(5)8(10)11-7;7-4-1-2-6(9)5(8)3-4;8-5-6-1-3-7-4-2-6;1-2/h4-14,21,24,26H,1-3H3;4-14,21,25-26H,1-3H3;4-10,19H,1-3H3;4-7H,1-3H3;1-4H;1-3H,9H2;1-5H;1-2H3. The Morgan fingerprint density at radius 2 is 0.720 bits per heavy atom. The van der Waals surface area contributed by atoms with E-state index >= 15 is 0 Å². The number of nitrogens with two attached hydrogens (primary N) is 1. The number of nitrogens with zero attached hydrogens (tertiary/aromatic N) is 3. The van der Waals surface area contributed by atoms with Gasteiger partial charge in [-0.1, -0.05) is 204 Å². The fraction of sp³-hybridized carbons (Fsp3) is 0.217. The number of hydrogen-bond donors (Lipinski definition) is 6. The third-order valence-corrected chi connectivity index (χ3v) is 26.2. The molecule has 0 saturated carbocycles. The summed E-state index contributed by atoms with van der Waals surface area (Å²) in [7, 11) is -9.74. The van der Waals surface area contributed by atoms with Crippen LogP contribution in [0.5, 0.6) is 0 Å². The molecular weight excluding hydrogens is 2000 g/mol. The number of aldehydes is 1. The smallest absolute Gasteiger partial charge is 0.346 e. The van der Waals surface area contributed by atoms with Crippen LogP contribution < -0.4 is 24.6 Å². The molecule has 9 aromatic carbocycles. The lowest BCUT2D eigenvalue weighted by Crippen LogP contribution is -2.24. The van der Waals surface area contributed by atoms with E-state index < -0.39 is 63.3 Å². The first-order chi connectivity index (χ1) is 58.3. The van der Waals surface area contributed by atoms with Gasteiger partial charge in [-0.05, 0) is 258 Å². The van der Waals surface area contributed by atoms with E-state index in [9.17, 15) is 63.5 Å². The predicted octanol–water partition coefficient (Wildman–Crippen LogP) is 22.5. The number of ether oxygens (including phenoxy) is 1. The maximum absolute atomic E-state index is 12.9. The van der Waals surface area contributed by atoms with Crippen LogP contribution in [0, 0.1) is 12.3 Å². The molecule has 1 aliphatic rings. The van der Waals surface area contributed by atoms with Crippen molar-refractivity contribution < 1.29 is 67.7 Å². The Morgan fingerprint density at radius 1 is 0.424 bits per heavy atom. The fourth-order valence-electron chi connectivity index (χ4n) is 10.9. The topological polar surface area (TPSA) is 352 Å². The zero-order valence-corrected chi connectivity index (χ0v) is 81.9. The van der Waals surface area contributed by atoms with Crippen LogP contribution in [-0.4, -0.2) is 72.1 Å². The van der Waals surface area contributed by atoms with Crippen molar-refractivity contribution in [1.82, 2.24) is 9.97 Å². The number of cyclic esters (lactones) is 2. The Bertz CT molecular complexity index is 6110. The first-order valence-electron chi connectivity index (χ1n) is 38.1. The molecule has 0 fully saturated rings. The number of carbonyl (C=O) groups excluding carboxylic acids is 3. The fourth-order valence-corrected chi connectivity index (χ4v) is 17.3. The van der Waals surface area contributed by atoms with E-state index in [2.05, 4.69) is 114 Å². The second kappa shape index (κ2) is 46.0. The lowest BCUT2D eigenvalue weighted by Gasteiger charge is -2.20. The van der Waals surface area contributed by atoms with Crippen LogP contribution in [0.4, 0.5) is 22.7 Å². The van der Waals surface area contributed by atoms with E-state index in [0.29, 0.717) is 58.9 Å². The number of benzene rings is 9. The Hall–Kier alpha value is -9.13. The number of aliphatic hydroxyl groups is 2. The summed E-state index contributed by atoms with van der Waals surface area (Å²) in [5, 5.41) is 34.8. The van der Waals surface area contributed by atoms with E-state index in [4.69, 9.17) is 62.8 Å². The Labute approximate surface area is 784 Å². The molecule has 662 valence electrons. The molecule has 2 atom stereocenters. The van der Waals surface area contributed by atoms with Crippen LogP contribution in [0.15, 0.2) is 287 Å². The molecule has 0 aliphatic carbocycles. The zero-order valence-electron chi connectivity index (χ0n) is 70.5. The van der Waals surface area contributed by atoms with Gasteiger partial charge in [0.25, 0.3) is 39.1 Å². The number of hydrogen-bond acceptors (Lipinski definition) is 18. The lowest BCUT2D eigenvalue weighted by atomic mass is 9.87. The summed E-state index contributed by atoms with van der Waals surface area (Å²) in [4.78, 5) is 40.0. The highest BCUT2D eigenvalue weighted by Crippen LogP contribution is 2.37. The van der Waals surface area contributed by atoms with Gasteiger partial charge in [-0.15, -0.1) is 0 Å². The molecule has 2 unspecified atom stereocenters. The van der Waals surface area contributed by atoms with Gasteiger partial charge in [0.2, 0.25) is 0 Å². The molecule has 0 spiro atoms. The highest BCUT2D eigenvalue weighted by molar-refractivity contribution is 14.1. The van der Waals surface area contributed by atoms with E-state index in [1.165, 1.54) is 54.9 Å². The minimum Gasteiger partial charge on any atom is -0.619 e. The summed E-state index contributed by atoms with van der Waals surface area (Å²) in [6.07, 6.45) is 7.36. The maximum atomic E-state index is 12.9. The monoisotopic (exact) mass is 2100 g/mol. The molecule has 1 aliphatic heterocycles. The van der Waals surface area contributed by atoms with Crippen LogP contribution in [0.1, 0.15) is 185 Å². The van der Waals surface area contributed by atoms with E-state index in [1.807, 2.05) is 87.5 Å². The number of pyridine rings is 3. The van der Waals surface area contributed by atoms with Crippen molar-refractivity contribution in [1.29, 1.82) is 0 Å². The molecule has 33 heteroatoms. The number of halogens is 7. The van der Waals surface area contributed by atoms with Gasteiger partial charge >= 0.3 is 11.9 Å². The molecule has 0 bridgehead atoms. The normalized spacial score (nSPS) is 12.3. The van der Waals surface area contributed by atoms with Crippen molar-refractivity contribution in [3.8, 4) is 0 Å². The lowest BCUT2D eigenvalue weighted by molar-refractivity contribution is -0.605. The van der Waals surface area contributed by atoms with E-state index in [-0.39, 0.29) is 58.2 Å². The number of sulfonamides is 3. The summed E-state index contributed by atoms with van der Waals surface area (Å²) in [5.41, 5.74) is 14.4. The van der Waals surface area contributed by atoms with Crippen molar-refractivity contribution in [3.63, 3.8) is 0 Å². The van der Waals surface area contributed by atoms with Gasteiger partial charge in [0.1, 0.15) is 18.5 Å². The average Bonchev–Trinajstić information content (AvgIpc) is 1.52. The number of aliphatic hydroxyl groups excluding tert-OH is 2. The SMILES string of the molecule is CC.CC(C)(C)c1ccc(S(=O)(=O)Cl)cc1.CC(C)(C)c1ccc(S(=O)(=O)Nc2ccc(Cl)cc2C(O)c2cc[n+]([O-])cc2)cc1.CC(C)(C)c1ccc(S(=O)(=O)Nc2ccc(Cl)cc2C(O)c2ccncc2)cc1.CC(C)(C)c1ccc(S(=O)(=O)Nc2ccc(Cl)cc2I)cc1.Nc1ccc(Cl)cc1I.O=C1OC(=O)c2ccccc21.O=Cc1ccncc1. The summed E-state index contributed by atoms with van der Waals surface area (Å²) >= 11 is 27.9. The van der Waals surface area contributed by atoms with Gasteiger partial charge in [-0.25, -0.2) is 43.3 Å². The summed E-state index contributed by atoms with van der Waals surface area (Å²) in [6, 6.07) is 62.8. The molecule has 3 aromatic heterocycles. The van der Waals surface area contributed by atoms with Crippen LogP contribution in [0.25, 0.3) is 0 Å². The molecular formula is C92H96Cl5I2N7O15S4. The quantitative estimate of drug-likeness (QED) is 0.00811. The molecule has 0 saturated heterocycles. The largest absolute Gasteiger partial charge is 0.619 e. The summed E-state index contributed by atoms with van der Waals surface area (Å²) in [5.74, 6) is -1.10. The number of esters is 2. The third kappa shape index (κ3) is 32.3. The Kier molecular flexibility index (Phi) is 38.5. The molecule has 0 amide bonds. The average molecular weight is 2100 g/mol. The second-order valence-corrected chi connectivity index (χ2v) is 43.0. The van der Waals surface area contributed by atoms with Crippen molar-refractivity contribution >= 4 is 182 Å². The minimum absolute atomic E-state index is 0.0126. The van der Waals surface area contributed by atoms with Crippen LogP contribution in [-0.2, 0) is 65.5 Å². The van der Waals surface area contributed by atoms with Gasteiger partial charge in [0, 0.05) is 97.2 Å². The highest BCUT2D eigenvalue weighted by atomic mass is 127. The van der Waals surface area contributed by atoms with Gasteiger partial charge in [0.05, 0.1) is 47.8 Å². The zero-order chi connectivity index (χ0) is 93.4. The van der Waals surface area contributed by atoms with Crippen molar-refractivity contribution in [2.45, 2.75) is 150 Å². The molecule has 0 radical (unpaired) electrons. The number of nitrogen functional groups attached to an aromatic ring is 1.